The van der Waals surface area contributed by atoms with Crippen LogP contribution in [0.15, 0.2) is 51.5 Å². The van der Waals surface area contributed by atoms with Crippen molar-refractivity contribution >= 4 is 29.3 Å². The lowest BCUT2D eigenvalue weighted by molar-refractivity contribution is -0.134. The lowest BCUT2D eigenvalue weighted by Gasteiger charge is -2.37. The van der Waals surface area contributed by atoms with E-state index in [0.29, 0.717) is 48.4 Å². The third-order valence-electron chi connectivity index (χ3n) is 5.65. The first-order valence-corrected chi connectivity index (χ1v) is 11.3. The number of aromatic nitrogens is 1. The van der Waals surface area contributed by atoms with Gasteiger partial charge in [0.2, 0.25) is 17.5 Å². The Bertz CT molecular complexity index is 1190. The molecule has 34 heavy (non-hydrogen) atoms. The van der Waals surface area contributed by atoms with Gasteiger partial charge >= 0.3 is 0 Å². The van der Waals surface area contributed by atoms with Gasteiger partial charge in [-0.05, 0) is 42.3 Å². The van der Waals surface area contributed by atoms with Crippen molar-refractivity contribution in [2.24, 2.45) is 5.92 Å². The SMILES string of the molecule is CC(C)C(NC(=O)c1ccc(Cl)cc1)C(=O)N1CCN(c2oc(-c3ccco3)nc2C#N)CC1. The van der Waals surface area contributed by atoms with Gasteiger partial charge in [-0.1, -0.05) is 25.4 Å². The minimum Gasteiger partial charge on any atom is -0.459 e. The maximum Gasteiger partial charge on any atom is 0.266 e. The second-order valence-electron chi connectivity index (χ2n) is 8.28. The lowest BCUT2D eigenvalue weighted by Crippen LogP contribution is -2.56. The summed E-state index contributed by atoms with van der Waals surface area (Å²) in [5.41, 5.74) is 0.607. The average molecular weight is 482 g/mol. The molecule has 2 aromatic heterocycles. The largest absolute Gasteiger partial charge is 0.459 e. The maximum absolute atomic E-state index is 13.3. The number of piperazine rings is 1. The van der Waals surface area contributed by atoms with Gasteiger partial charge in [0.25, 0.3) is 11.8 Å². The minimum atomic E-state index is -0.666. The molecule has 0 bridgehead atoms. The first kappa shape index (κ1) is 23.4. The molecule has 3 heterocycles. The molecule has 1 unspecified atom stereocenters. The van der Waals surface area contributed by atoms with Crippen LogP contribution >= 0.6 is 11.6 Å². The Balaban J connectivity index is 1.41. The molecule has 0 spiro atoms. The number of nitrogens with one attached hydrogen (secondary N) is 1. The zero-order valence-corrected chi connectivity index (χ0v) is 19.6. The second-order valence-corrected chi connectivity index (χ2v) is 8.71. The smallest absolute Gasteiger partial charge is 0.266 e. The molecule has 1 aliphatic rings. The Kier molecular flexibility index (Phi) is 6.89. The summed E-state index contributed by atoms with van der Waals surface area (Å²) < 4.78 is 11.1. The second kappa shape index (κ2) is 10.0. The minimum absolute atomic E-state index is 0.0999. The highest BCUT2D eigenvalue weighted by Crippen LogP contribution is 2.29. The molecule has 10 heteroatoms. The Morgan fingerprint density at radius 3 is 2.44 bits per heavy atom. The number of carbonyl (C=O) groups excluding carboxylic acids is 2. The Labute approximate surface area is 201 Å². The van der Waals surface area contributed by atoms with Gasteiger partial charge < -0.3 is 24.0 Å². The number of oxazole rings is 1. The van der Waals surface area contributed by atoms with E-state index in [9.17, 15) is 14.9 Å². The maximum atomic E-state index is 13.3. The van der Waals surface area contributed by atoms with Crippen LogP contribution in [0.4, 0.5) is 5.88 Å². The van der Waals surface area contributed by atoms with Crippen LogP contribution in [0.25, 0.3) is 11.7 Å². The number of anilines is 1. The number of nitrogens with zero attached hydrogens (tertiary/aromatic N) is 4. The van der Waals surface area contributed by atoms with Crippen LogP contribution < -0.4 is 10.2 Å². The Morgan fingerprint density at radius 1 is 1.15 bits per heavy atom. The highest BCUT2D eigenvalue weighted by Gasteiger charge is 2.32. The number of benzene rings is 1. The fourth-order valence-corrected chi connectivity index (χ4v) is 3.90. The van der Waals surface area contributed by atoms with Gasteiger partial charge in [0.05, 0.1) is 6.26 Å². The number of carbonyl (C=O) groups is 2. The number of rotatable bonds is 6. The number of furan rings is 1. The molecule has 1 saturated heterocycles. The highest BCUT2D eigenvalue weighted by molar-refractivity contribution is 6.30. The molecule has 2 amide bonds. The molecule has 1 fully saturated rings. The van der Waals surface area contributed by atoms with E-state index in [1.165, 1.54) is 6.26 Å². The molecule has 0 saturated carbocycles. The van der Waals surface area contributed by atoms with Crippen molar-refractivity contribution in [3.63, 3.8) is 0 Å². The van der Waals surface area contributed by atoms with Crippen LogP contribution in [-0.2, 0) is 4.79 Å². The molecule has 1 aromatic carbocycles. The first-order valence-electron chi connectivity index (χ1n) is 10.9. The first-order chi connectivity index (χ1) is 16.4. The highest BCUT2D eigenvalue weighted by atomic mass is 35.5. The fourth-order valence-electron chi connectivity index (χ4n) is 3.77. The van der Waals surface area contributed by atoms with Crippen molar-refractivity contribution in [2.45, 2.75) is 19.9 Å². The number of hydrogen-bond donors (Lipinski definition) is 1. The zero-order valence-electron chi connectivity index (χ0n) is 18.8. The van der Waals surface area contributed by atoms with Crippen LogP contribution in [0.3, 0.4) is 0 Å². The van der Waals surface area contributed by atoms with E-state index < -0.39 is 6.04 Å². The normalized spacial score (nSPS) is 14.7. The van der Waals surface area contributed by atoms with Gasteiger partial charge in [0.1, 0.15) is 12.1 Å². The van der Waals surface area contributed by atoms with Crippen molar-refractivity contribution in [3.8, 4) is 17.7 Å². The monoisotopic (exact) mass is 481 g/mol. The van der Waals surface area contributed by atoms with Gasteiger partial charge in [0.15, 0.2) is 5.76 Å². The summed E-state index contributed by atoms with van der Waals surface area (Å²) in [5, 5.41) is 12.9. The third-order valence-corrected chi connectivity index (χ3v) is 5.90. The fraction of sp³-hybridized carbons (Fsp3) is 0.333. The van der Waals surface area contributed by atoms with E-state index in [1.54, 1.807) is 41.3 Å². The number of hydrogen-bond acceptors (Lipinski definition) is 7. The summed E-state index contributed by atoms with van der Waals surface area (Å²) in [4.78, 5) is 33.8. The van der Waals surface area contributed by atoms with E-state index in [1.807, 2.05) is 18.7 Å². The Hall–Kier alpha value is -3.77. The van der Waals surface area contributed by atoms with Crippen LogP contribution in [-0.4, -0.2) is 53.9 Å². The van der Waals surface area contributed by atoms with E-state index >= 15 is 0 Å². The van der Waals surface area contributed by atoms with Gasteiger partial charge in [-0.2, -0.15) is 10.2 Å². The van der Waals surface area contributed by atoms with Gasteiger partial charge in [-0.25, -0.2) is 0 Å². The quantitative estimate of drug-likeness (QED) is 0.572. The molecule has 1 aliphatic heterocycles. The average Bonchev–Trinajstić information content (AvgIpc) is 3.52. The number of halogens is 1. The van der Waals surface area contributed by atoms with Gasteiger partial charge in [-0.15, -0.1) is 0 Å². The summed E-state index contributed by atoms with van der Waals surface area (Å²) >= 11 is 5.90. The number of nitriles is 1. The topological polar surface area (TPSA) is 116 Å². The van der Waals surface area contributed by atoms with Gasteiger partial charge in [-0.3, -0.25) is 9.59 Å². The van der Waals surface area contributed by atoms with Crippen LogP contribution in [0.5, 0.6) is 0 Å². The summed E-state index contributed by atoms with van der Waals surface area (Å²) in [5.74, 6) is 0.460. The third kappa shape index (κ3) is 4.92. The summed E-state index contributed by atoms with van der Waals surface area (Å²) in [6.45, 7) is 5.54. The van der Waals surface area contributed by atoms with Crippen molar-refractivity contribution in [1.82, 2.24) is 15.2 Å². The van der Waals surface area contributed by atoms with Crippen molar-refractivity contribution in [2.75, 3.05) is 31.1 Å². The predicted octanol–water partition coefficient (Wildman–Crippen LogP) is 3.56. The summed E-state index contributed by atoms with van der Waals surface area (Å²) in [7, 11) is 0. The van der Waals surface area contributed by atoms with Crippen LogP contribution in [0.1, 0.15) is 29.9 Å². The van der Waals surface area contributed by atoms with E-state index in [0.717, 1.165) is 0 Å². The molecule has 176 valence electrons. The van der Waals surface area contributed by atoms with Crippen LogP contribution in [0, 0.1) is 17.2 Å². The van der Waals surface area contributed by atoms with Crippen LogP contribution in [0.2, 0.25) is 5.02 Å². The van der Waals surface area contributed by atoms with E-state index in [4.69, 9.17) is 20.4 Å². The van der Waals surface area contributed by atoms with Crippen molar-refractivity contribution in [3.05, 3.63) is 58.9 Å². The molecule has 1 N–H and O–H groups in total. The molecule has 9 nitrogen and oxygen atoms in total. The molecule has 0 aliphatic carbocycles. The van der Waals surface area contributed by atoms with Crippen molar-refractivity contribution < 1.29 is 18.4 Å². The number of amides is 2. The standard InChI is InChI=1S/C24H24ClN5O4/c1-15(2)20(28-21(31)16-5-7-17(25)8-6-16)23(32)29-9-11-30(12-10-29)24-18(14-26)27-22(34-24)19-4-3-13-33-19/h3-8,13,15,20H,9-12H2,1-2H3,(H,28,31). The lowest BCUT2D eigenvalue weighted by atomic mass is 10.0. The molecule has 3 aromatic rings. The Morgan fingerprint density at radius 2 is 1.85 bits per heavy atom. The zero-order chi connectivity index (χ0) is 24.2. The van der Waals surface area contributed by atoms with E-state index in [2.05, 4.69) is 16.4 Å². The summed E-state index contributed by atoms with van der Waals surface area (Å²) in [6.07, 6.45) is 1.51. The molecular formula is C24H24ClN5O4. The molecule has 0 radical (unpaired) electrons. The summed E-state index contributed by atoms with van der Waals surface area (Å²) in [6, 6.07) is 11.3. The van der Waals surface area contributed by atoms with Gasteiger partial charge in [0, 0.05) is 36.8 Å². The predicted molar refractivity (Wildman–Crippen MR) is 125 cm³/mol. The molecule has 1 atom stereocenters. The molecular weight excluding hydrogens is 458 g/mol. The van der Waals surface area contributed by atoms with Crippen molar-refractivity contribution in [1.29, 1.82) is 5.26 Å². The van der Waals surface area contributed by atoms with E-state index in [-0.39, 0.29) is 29.3 Å². The molecule has 4 rings (SSSR count).